The molecular formula is C17H22FNO3. The van der Waals surface area contributed by atoms with E-state index in [1.54, 1.807) is 18.2 Å². The van der Waals surface area contributed by atoms with Crippen LogP contribution in [0.2, 0.25) is 0 Å². The van der Waals surface area contributed by atoms with Crippen LogP contribution >= 0.6 is 0 Å². The second-order valence-electron chi connectivity index (χ2n) is 6.22. The van der Waals surface area contributed by atoms with Crippen LogP contribution in [-0.2, 0) is 4.79 Å². The lowest BCUT2D eigenvalue weighted by Gasteiger charge is -2.32. The molecule has 0 radical (unpaired) electrons. The molecule has 5 heteroatoms. The topological polar surface area (TPSA) is 49.8 Å². The van der Waals surface area contributed by atoms with Gasteiger partial charge in [0.1, 0.15) is 12.6 Å². The number of carbonyl (C=O) groups is 1. The standard InChI is InChI=1S/C17H22FNO3/c18-13-6-2-4-8-16(13)22-10-9-19-14-7-3-1-5-12(14)11-15(19)17(20)21/h2,4,6,8,12,14-15H,1,3,5,7,9-11H2,(H,20,21)/t12-,14-,15+/m1/s1. The van der Waals surface area contributed by atoms with Crippen molar-refractivity contribution in [2.24, 2.45) is 5.92 Å². The monoisotopic (exact) mass is 307 g/mol. The van der Waals surface area contributed by atoms with E-state index in [9.17, 15) is 14.3 Å². The number of rotatable bonds is 5. The van der Waals surface area contributed by atoms with Gasteiger partial charge in [0.15, 0.2) is 11.6 Å². The highest BCUT2D eigenvalue weighted by atomic mass is 19.1. The molecule has 0 aromatic heterocycles. The van der Waals surface area contributed by atoms with Crippen LogP contribution in [0.5, 0.6) is 5.75 Å². The Hall–Kier alpha value is -1.62. The van der Waals surface area contributed by atoms with Gasteiger partial charge in [-0.1, -0.05) is 25.0 Å². The van der Waals surface area contributed by atoms with Crippen molar-refractivity contribution in [3.05, 3.63) is 30.1 Å². The minimum Gasteiger partial charge on any atom is -0.489 e. The molecule has 1 saturated heterocycles. The molecule has 0 amide bonds. The van der Waals surface area contributed by atoms with E-state index in [1.807, 2.05) is 0 Å². The first-order valence-electron chi connectivity index (χ1n) is 8.02. The number of halogens is 1. The number of para-hydroxylation sites is 1. The molecule has 1 aromatic carbocycles. The lowest BCUT2D eigenvalue weighted by atomic mass is 9.85. The van der Waals surface area contributed by atoms with Crippen molar-refractivity contribution >= 4 is 5.97 Å². The van der Waals surface area contributed by atoms with Gasteiger partial charge < -0.3 is 9.84 Å². The van der Waals surface area contributed by atoms with Gasteiger partial charge in [-0.25, -0.2) is 4.39 Å². The summed E-state index contributed by atoms with van der Waals surface area (Å²) in [5.41, 5.74) is 0. The van der Waals surface area contributed by atoms with Crippen molar-refractivity contribution in [2.75, 3.05) is 13.2 Å². The van der Waals surface area contributed by atoms with E-state index in [0.29, 0.717) is 25.1 Å². The number of benzene rings is 1. The Morgan fingerprint density at radius 1 is 1.32 bits per heavy atom. The highest BCUT2D eigenvalue weighted by Crippen LogP contribution is 2.39. The smallest absolute Gasteiger partial charge is 0.320 e. The number of hydrogen-bond donors (Lipinski definition) is 1. The van der Waals surface area contributed by atoms with Crippen molar-refractivity contribution in [3.8, 4) is 5.75 Å². The van der Waals surface area contributed by atoms with Crippen molar-refractivity contribution in [1.82, 2.24) is 4.90 Å². The summed E-state index contributed by atoms with van der Waals surface area (Å²) in [6.07, 6.45) is 5.29. The fourth-order valence-electron chi connectivity index (χ4n) is 3.94. The number of likely N-dealkylation sites (tertiary alicyclic amines) is 1. The van der Waals surface area contributed by atoms with Gasteiger partial charge in [-0.15, -0.1) is 0 Å². The van der Waals surface area contributed by atoms with E-state index in [1.165, 1.54) is 12.5 Å². The Balaban J connectivity index is 1.61. The first-order valence-corrected chi connectivity index (χ1v) is 8.02. The maximum absolute atomic E-state index is 13.5. The Morgan fingerprint density at radius 3 is 2.86 bits per heavy atom. The van der Waals surface area contributed by atoms with Crippen LogP contribution in [0.3, 0.4) is 0 Å². The van der Waals surface area contributed by atoms with Gasteiger partial charge in [-0.2, -0.15) is 0 Å². The normalized spacial score (nSPS) is 28.3. The Bertz CT molecular complexity index is 536. The van der Waals surface area contributed by atoms with Crippen LogP contribution < -0.4 is 4.74 Å². The number of aliphatic carboxylic acids is 1. The molecule has 1 saturated carbocycles. The predicted molar refractivity (Wildman–Crippen MR) is 80.4 cm³/mol. The molecule has 22 heavy (non-hydrogen) atoms. The highest BCUT2D eigenvalue weighted by Gasteiger charge is 2.44. The summed E-state index contributed by atoms with van der Waals surface area (Å²) < 4.78 is 19.0. The number of fused-ring (bicyclic) bond motifs is 1. The second kappa shape index (κ2) is 6.65. The van der Waals surface area contributed by atoms with Gasteiger partial charge in [0.05, 0.1) is 0 Å². The third-order valence-electron chi connectivity index (χ3n) is 4.95. The molecule has 2 fully saturated rings. The summed E-state index contributed by atoms with van der Waals surface area (Å²) in [6.45, 7) is 0.848. The molecule has 0 spiro atoms. The highest BCUT2D eigenvalue weighted by molar-refractivity contribution is 5.74. The number of carboxylic acids is 1. The number of ether oxygens (including phenoxy) is 1. The summed E-state index contributed by atoms with van der Waals surface area (Å²) in [5.74, 6) is -0.411. The van der Waals surface area contributed by atoms with Crippen molar-refractivity contribution < 1.29 is 19.0 Å². The lowest BCUT2D eigenvalue weighted by Crippen LogP contribution is -2.44. The van der Waals surface area contributed by atoms with E-state index in [-0.39, 0.29) is 11.6 Å². The van der Waals surface area contributed by atoms with Gasteiger partial charge in [-0.3, -0.25) is 9.69 Å². The predicted octanol–water partition coefficient (Wildman–Crippen LogP) is 2.92. The van der Waals surface area contributed by atoms with Crippen LogP contribution in [0, 0.1) is 11.7 Å². The van der Waals surface area contributed by atoms with E-state index < -0.39 is 12.0 Å². The quantitative estimate of drug-likeness (QED) is 0.908. The van der Waals surface area contributed by atoms with Gasteiger partial charge in [0, 0.05) is 12.6 Å². The summed E-state index contributed by atoms with van der Waals surface area (Å²) in [5, 5.41) is 9.45. The maximum Gasteiger partial charge on any atom is 0.320 e. The van der Waals surface area contributed by atoms with Crippen LogP contribution in [0.1, 0.15) is 32.1 Å². The SMILES string of the molecule is O=C(O)[C@@H]1C[C@H]2CCCC[C@H]2N1CCOc1ccccc1F. The Morgan fingerprint density at radius 2 is 2.09 bits per heavy atom. The average Bonchev–Trinajstić information content (AvgIpc) is 2.88. The van der Waals surface area contributed by atoms with Crippen molar-refractivity contribution in [1.29, 1.82) is 0 Å². The van der Waals surface area contributed by atoms with Gasteiger partial charge in [-0.05, 0) is 37.3 Å². The minimum atomic E-state index is -0.750. The summed E-state index contributed by atoms with van der Waals surface area (Å²) in [4.78, 5) is 13.6. The van der Waals surface area contributed by atoms with Crippen LogP contribution in [0.4, 0.5) is 4.39 Å². The zero-order valence-electron chi connectivity index (χ0n) is 12.6. The van der Waals surface area contributed by atoms with Crippen LogP contribution in [0.25, 0.3) is 0 Å². The average molecular weight is 307 g/mol. The van der Waals surface area contributed by atoms with Crippen molar-refractivity contribution in [3.63, 3.8) is 0 Å². The van der Waals surface area contributed by atoms with Crippen LogP contribution in [0.15, 0.2) is 24.3 Å². The summed E-state index contributed by atoms with van der Waals surface area (Å²) in [7, 11) is 0. The minimum absolute atomic E-state index is 0.230. The lowest BCUT2D eigenvalue weighted by molar-refractivity contribution is -0.142. The molecule has 120 valence electrons. The van der Waals surface area contributed by atoms with Gasteiger partial charge in [0.2, 0.25) is 0 Å². The van der Waals surface area contributed by atoms with E-state index in [4.69, 9.17) is 4.74 Å². The Labute approximate surface area is 129 Å². The van der Waals surface area contributed by atoms with Gasteiger partial charge in [0.25, 0.3) is 0 Å². The number of nitrogens with zero attached hydrogens (tertiary/aromatic N) is 1. The molecule has 1 aromatic rings. The molecule has 3 rings (SSSR count). The number of carboxylic acid groups (broad SMARTS) is 1. The molecule has 1 aliphatic carbocycles. The van der Waals surface area contributed by atoms with E-state index in [0.717, 1.165) is 25.7 Å². The first kappa shape index (κ1) is 15.3. The zero-order valence-corrected chi connectivity index (χ0v) is 12.6. The molecule has 2 aliphatic rings. The van der Waals surface area contributed by atoms with E-state index >= 15 is 0 Å². The summed E-state index contributed by atoms with van der Waals surface area (Å²) in [6, 6.07) is 6.23. The number of hydrogen-bond acceptors (Lipinski definition) is 3. The fourth-order valence-corrected chi connectivity index (χ4v) is 3.94. The van der Waals surface area contributed by atoms with E-state index in [2.05, 4.69) is 4.90 Å². The Kier molecular flexibility index (Phi) is 4.62. The summed E-state index contributed by atoms with van der Waals surface area (Å²) >= 11 is 0. The van der Waals surface area contributed by atoms with Crippen LogP contribution in [-0.4, -0.2) is 41.2 Å². The molecule has 3 atom stereocenters. The third kappa shape index (κ3) is 3.09. The zero-order chi connectivity index (χ0) is 15.5. The fraction of sp³-hybridized carbons (Fsp3) is 0.588. The molecule has 4 nitrogen and oxygen atoms in total. The first-order chi connectivity index (χ1) is 10.7. The molecule has 1 aliphatic heterocycles. The molecule has 1 N–H and O–H groups in total. The van der Waals surface area contributed by atoms with Gasteiger partial charge >= 0.3 is 5.97 Å². The largest absolute Gasteiger partial charge is 0.489 e. The molecule has 1 heterocycles. The molecular weight excluding hydrogens is 285 g/mol. The maximum atomic E-state index is 13.5. The van der Waals surface area contributed by atoms with Crippen molar-refractivity contribution in [2.45, 2.75) is 44.2 Å². The molecule has 0 bridgehead atoms. The second-order valence-corrected chi connectivity index (χ2v) is 6.22. The molecule has 0 unspecified atom stereocenters. The third-order valence-corrected chi connectivity index (χ3v) is 4.95.